The average Bonchev–Trinajstić information content (AvgIpc) is 2.59. The van der Waals surface area contributed by atoms with Crippen LogP contribution in [-0.4, -0.2) is 17.4 Å². The molecule has 1 aromatic rings. The highest BCUT2D eigenvalue weighted by Crippen LogP contribution is 2.33. The average molecular weight is 255 g/mol. The first kappa shape index (κ1) is 13.6. The molecule has 1 aliphatic heterocycles. The second-order valence-corrected chi connectivity index (χ2v) is 6.05. The molecule has 0 aliphatic carbocycles. The quantitative estimate of drug-likeness (QED) is 0.744. The lowest BCUT2D eigenvalue weighted by molar-refractivity contribution is 0.0850. The molecular formula is C17H21NO. The van der Waals surface area contributed by atoms with Gasteiger partial charge in [-0.1, -0.05) is 57.7 Å². The third-order valence-electron chi connectivity index (χ3n) is 3.74. The fraction of sp³-hybridized carbons (Fsp3) is 0.353. The van der Waals surface area contributed by atoms with Crippen LogP contribution < -0.4 is 0 Å². The number of amides is 1. The highest BCUT2D eigenvalue weighted by Gasteiger charge is 2.30. The summed E-state index contributed by atoms with van der Waals surface area (Å²) >= 11 is 0. The van der Waals surface area contributed by atoms with Crippen molar-refractivity contribution in [2.45, 2.75) is 27.2 Å². The Morgan fingerprint density at radius 2 is 1.79 bits per heavy atom. The number of hydrogen-bond donors (Lipinski definition) is 0. The number of carbonyl (C=O) groups is 1. The Bertz CT molecular complexity index is 514. The topological polar surface area (TPSA) is 20.3 Å². The Kier molecular flexibility index (Phi) is 3.36. The van der Waals surface area contributed by atoms with Crippen LogP contribution in [0.3, 0.4) is 0 Å². The summed E-state index contributed by atoms with van der Waals surface area (Å²) in [5.41, 5.74) is 3.76. The van der Waals surface area contributed by atoms with Gasteiger partial charge in [0.25, 0.3) is 5.91 Å². The molecule has 1 aromatic carbocycles. The third-order valence-corrected chi connectivity index (χ3v) is 3.74. The van der Waals surface area contributed by atoms with Crippen LogP contribution in [0.4, 0.5) is 0 Å². The van der Waals surface area contributed by atoms with E-state index in [2.05, 4.69) is 33.9 Å². The molecule has 100 valence electrons. The van der Waals surface area contributed by atoms with Gasteiger partial charge in [0.15, 0.2) is 0 Å². The van der Waals surface area contributed by atoms with Crippen molar-refractivity contribution in [1.29, 1.82) is 0 Å². The summed E-state index contributed by atoms with van der Waals surface area (Å²) in [5, 5.41) is 0. The van der Waals surface area contributed by atoms with E-state index in [-0.39, 0.29) is 11.3 Å². The monoisotopic (exact) mass is 255 g/mol. The molecule has 2 heteroatoms. The van der Waals surface area contributed by atoms with E-state index in [1.165, 1.54) is 0 Å². The van der Waals surface area contributed by atoms with Gasteiger partial charge in [0, 0.05) is 23.4 Å². The van der Waals surface area contributed by atoms with E-state index in [0.717, 1.165) is 28.8 Å². The molecule has 1 aliphatic rings. The predicted octanol–water partition coefficient (Wildman–Crippen LogP) is 4.11. The minimum atomic E-state index is 0.0577. The number of benzene rings is 1. The molecule has 0 atom stereocenters. The van der Waals surface area contributed by atoms with Crippen LogP contribution >= 0.6 is 0 Å². The van der Waals surface area contributed by atoms with Crippen molar-refractivity contribution < 1.29 is 4.79 Å². The Balaban J connectivity index is 2.11. The number of rotatable bonds is 3. The van der Waals surface area contributed by atoms with Crippen LogP contribution in [0.5, 0.6) is 0 Å². The zero-order valence-corrected chi connectivity index (χ0v) is 12.0. The van der Waals surface area contributed by atoms with Gasteiger partial charge in [-0.2, -0.15) is 0 Å². The van der Waals surface area contributed by atoms with E-state index in [9.17, 15) is 4.79 Å². The number of carbonyl (C=O) groups excluding carboxylic acids is 1. The van der Waals surface area contributed by atoms with E-state index in [0.29, 0.717) is 6.54 Å². The second-order valence-electron chi connectivity index (χ2n) is 6.05. The van der Waals surface area contributed by atoms with Gasteiger partial charge in [0.05, 0.1) is 0 Å². The fourth-order valence-electron chi connectivity index (χ4n) is 2.19. The Hall–Kier alpha value is -1.83. The molecule has 0 spiro atoms. The zero-order valence-electron chi connectivity index (χ0n) is 12.0. The van der Waals surface area contributed by atoms with E-state index in [1.807, 2.05) is 24.3 Å². The lowest BCUT2D eigenvalue weighted by Crippen LogP contribution is -2.25. The molecule has 1 heterocycles. The normalized spacial score (nSPS) is 14.8. The number of hydrogen-bond acceptors (Lipinski definition) is 1. The zero-order chi connectivity index (χ0) is 14.2. The lowest BCUT2D eigenvalue weighted by atomic mass is 9.85. The second kappa shape index (κ2) is 4.69. The predicted molar refractivity (Wildman–Crippen MR) is 79.7 cm³/mol. The van der Waals surface area contributed by atoms with Crippen molar-refractivity contribution in [3.8, 4) is 0 Å². The van der Waals surface area contributed by atoms with Gasteiger partial charge >= 0.3 is 0 Å². The van der Waals surface area contributed by atoms with Gasteiger partial charge in [0.2, 0.25) is 0 Å². The van der Waals surface area contributed by atoms with E-state index >= 15 is 0 Å². The summed E-state index contributed by atoms with van der Waals surface area (Å²) in [4.78, 5) is 14.1. The summed E-state index contributed by atoms with van der Waals surface area (Å²) in [7, 11) is 0. The Labute approximate surface area is 115 Å². The molecule has 1 amide bonds. The molecule has 2 nitrogen and oxygen atoms in total. The maximum absolute atomic E-state index is 12.3. The molecule has 0 saturated carbocycles. The summed E-state index contributed by atoms with van der Waals surface area (Å²) in [6.45, 7) is 15.2. The van der Waals surface area contributed by atoms with Crippen molar-refractivity contribution in [1.82, 2.24) is 4.90 Å². The number of fused-ring (bicyclic) bond motifs is 1. The maximum Gasteiger partial charge on any atom is 0.258 e. The first-order valence-electron chi connectivity index (χ1n) is 6.61. The molecule has 2 rings (SSSR count). The van der Waals surface area contributed by atoms with Crippen molar-refractivity contribution in [2.75, 3.05) is 6.54 Å². The van der Waals surface area contributed by atoms with Gasteiger partial charge < -0.3 is 4.90 Å². The van der Waals surface area contributed by atoms with E-state index in [4.69, 9.17) is 0 Å². The van der Waals surface area contributed by atoms with Gasteiger partial charge in [-0.15, -0.1) is 0 Å². The first-order valence-corrected chi connectivity index (χ1v) is 6.61. The highest BCUT2D eigenvalue weighted by atomic mass is 16.2. The molecular weight excluding hydrogens is 234 g/mol. The van der Waals surface area contributed by atoms with Crippen LogP contribution in [0.25, 0.3) is 5.70 Å². The van der Waals surface area contributed by atoms with Crippen LogP contribution in [0.15, 0.2) is 43.0 Å². The van der Waals surface area contributed by atoms with Gasteiger partial charge in [-0.3, -0.25) is 4.79 Å². The van der Waals surface area contributed by atoms with E-state index in [1.54, 1.807) is 4.90 Å². The van der Waals surface area contributed by atoms with Crippen molar-refractivity contribution in [2.24, 2.45) is 5.41 Å². The number of nitrogens with zero attached hydrogens (tertiary/aromatic N) is 1. The molecule has 0 aromatic heterocycles. The Morgan fingerprint density at radius 3 is 2.32 bits per heavy atom. The van der Waals surface area contributed by atoms with E-state index < -0.39 is 0 Å². The highest BCUT2D eigenvalue weighted by molar-refractivity contribution is 6.08. The van der Waals surface area contributed by atoms with Gasteiger partial charge in [-0.05, 0) is 17.9 Å². The smallest absolute Gasteiger partial charge is 0.258 e. The standard InChI is InChI=1S/C17H21NO/c1-12(17(3,4)5)10-11-18-13(2)14-8-6-7-9-15(14)16(18)19/h6-9H,1-2,10-11H2,3-5H3. The minimum absolute atomic E-state index is 0.0577. The third kappa shape index (κ3) is 2.48. The first-order chi connectivity index (χ1) is 8.82. The molecule has 0 bridgehead atoms. The van der Waals surface area contributed by atoms with Crippen molar-refractivity contribution in [3.05, 3.63) is 54.1 Å². The summed E-state index contributed by atoms with van der Waals surface area (Å²) in [6.07, 6.45) is 0.808. The van der Waals surface area contributed by atoms with Crippen molar-refractivity contribution in [3.63, 3.8) is 0 Å². The summed E-state index contributed by atoms with van der Waals surface area (Å²) < 4.78 is 0. The van der Waals surface area contributed by atoms with Gasteiger partial charge in [0.1, 0.15) is 0 Å². The summed E-state index contributed by atoms with van der Waals surface area (Å²) in [5.74, 6) is 0.0577. The lowest BCUT2D eigenvalue weighted by Gasteiger charge is -2.25. The minimum Gasteiger partial charge on any atom is -0.308 e. The summed E-state index contributed by atoms with van der Waals surface area (Å²) in [6, 6.07) is 7.64. The molecule has 0 unspecified atom stereocenters. The molecule has 19 heavy (non-hydrogen) atoms. The fourth-order valence-corrected chi connectivity index (χ4v) is 2.19. The molecule has 0 saturated heterocycles. The molecule has 0 fully saturated rings. The maximum atomic E-state index is 12.3. The Morgan fingerprint density at radius 1 is 1.21 bits per heavy atom. The van der Waals surface area contributed by atoms with Crippen LogP contribution in [0, 0.1) is 5.41 Å². The molecule has 0 N–H and O–H groups in total. The van der Waals surface area contributed by atoms with Crippen molar-refractivity contribution >= 4 is 11.6 Å². The largest absolute Gasteiger partial charge is 0.308 e. The van der Waals surface area contributed by atoms with Crippen LogP contribution in [-0.2, 0) is 0 Å². The van der Waals surface area contributed by atoms with Gasteiger partial charge in [-0.25, -0.2) is 0 Å². The SMILES string of the molecule is C=C1c2ccccc2C(=O)N1CCC(=C)C(C)(C)C. The van der Waals surface area contributed by atoms with Crippen LogP contribution in [0.2, 0.25) is 0 Å². The van der Waals surface area contributed by atoms with Crippen LogP contribution in [0.1, 0.15) is 43.1 Å². The molecule has 0 radical (unpaired) electrons.